The molecule has 0 radical (unpaired) electrons. The minimum atomic E-state index is -0.966. The zero-order chi connectivity index (χ0) is 22.4. The molecule has 2 aromatic carbocycles. The molecule has 160 valence electrons. The van der Waals surface area contributed by atoms with Crippen LogP contribution >= 0.6 is 0 Å². The van der Waals surface area contributed by atoms with Crippen molar-refractivity contribution in [2.24, 2.45) is 0 Å². The topological polar surface area (TPSA) is 89.9 Å². The van der Waals surface area contributed by atoms with E-state index in [-0.39, 0.29) is 18.0 Å². The summed E-state index contributed by atoms with van der Waals surface area (Å²) in [5, 5.41) is 8.93. The molecule has 2 aromatic rings. The van der Waals surface area contributed by atoms with Gasteiger partial charge in [-0.25, -0.2) is 9.59 Å². The Labute approximate surface area is 177 Å². The highest BCUT2D eigenvalue weighted by atomic mass is 16.5. The first-order valence-electron chi connectivity index (χ1n) is 9.93. The molecule has 0 saturated carbocycles. The number of unbranched alkanes of at least 4 members (excludes halogenated alkanes) is 2. The number of ether oxygens (including phenoxy) is 2. The quantitative estimate of drug-likeness (QED) is 0.247. The molecule has 0 bridgehead atoms. The van der Waals surface area contributed by atoms with Crippen LogP contribution in [0.15, 0.2) is 61.2 Å². The zero-order valence-electron chi connectivity index (χ0n) is 17.4. The van der Waals surface area contributed by atoms with Crippen molar-refractivity contribution < 1.29 is 29.0 Å². The fourth-order valence-corrected chi connectivity index (χ4v) is 2.48. The van der Waals surface area contributed by atoms with Crippen LogP contribution in [0.25, 0.3) is 11.1 Å². The number of rotatable bonds is 10. The molecule has 0 saturated heterocycles. The molecular weight excluding hydrogens is 384 g/mol. The lowest BCUT2D eigenvalue weighted by Crippen LogP contribution is -2.08. The van der Waals surface area contributed by atoms with E-state index in [1.165, 1.54) is 0 Å². The lowest BCUT2D eigenvalue weighted by atomic mass is 10.0. The van der Waals surface area contributed by atoms with Gasteiger partial charge in [-0.15, -0.1) is 0 Å². The third-order valence-electron chi connectivity index (χ3n) is 3.99. The van der Waals surface area contributed by atoms with Gasteiger partial charge in [-0.2, -0.15) is 0 Å². The largest absolute Gasteiger partial charge is 0.478 e. The van der Waals surface area contributed by atoms with Gasteiger partial charge in [-0.05, 0) is 54.7 Å². The fourth-order valence-electron chi connectivity index (χ4n) is 2.48. The summed E-state index contributed by atoms with van der Waals surface area (Å²) in [6.45, 7) is 7.63. The van der Waals surface area contributed by atoms with Crippen LogP contribution in [-0.4, -0.2) is 29.6 Å². The Morgan fingerprint density at radius 1 is 0.900 bits per heavy atom. The number of carboxylic acid groups (broad SMARTS) is 1. The molecule has 0 spiro atoms. The number of benzene rings is 2. The Bertz CT molecular complexity index is 822. The van der Waals surface area contributed by atoms with Crippen molar-refractivity contribution in [3.8, 4) is 16.9 Å². The van der Waals surface area contributed by atoms with Gasteiger partial charge in [0, 0.05) is 12.5 Å². The summed E-state index contributed by atoms with van der Waals surface area (Å²) in [7, 11) is 0. The van der Waals surface area contributed by atoms with Crippen molar-refractivity contribution in [1.82, 2.24) is 0 Å². The van der Waals surface area contributed by atoms with Crippen molar-refractivity contribution in [3.63, 3.8) is 0 Å². The summed E-state index contributed by atoms with van der Waals surface area (Å²) in [5.41, 5.74) is 2.00. The Balaban J connectivity index is 0.00000218. The molecule has 0 unspecified atom stereocenters. The van der Waals surface area contributed by atoms with E-state index in [1.54, 1.807) is 36.4 Å². The number of hydrogen-bond acceptors (Lipinski definition) is 5. The number of hydrogen-bond donors (Lipinski definition) is 1. The Morgan fingerprint density at radius 3 is 2.00 bits per heavy atom. The maximum atomic E-state index is 11.9. The van der Waals surface area contributed by atoms with E-state index in [1.807, 2.05) is 26.0 Å². The van der Waals surface area contributed by atoms with E-state index in [2.05, 4.69) is 6.58 Å². The summed E-state index contributed by atoms with van der Waals surface area (Å²) in [6.07, 6.45) is 3.49. The van der Waals surface area contributed by atoms with Crippen molar-refractivity contribution in [3.05, 3.63) is 66.7 Å². The highest BCUT2D eigenvalue weighted by molar-refractivity contribution is 5.88. The molecule has 0 aliphatic rings. The van der Waals surface area contributed by atoms with Gasteiger partial charge in [0.05, 0.1) is 12.2 Å². The number of aromatic carboxylic acids is 1. The first-order chi connectivity index (χ1) is 14.5. The molecule has 0 atom stereocenters. The van der Waals surface area contributed by atoms with E-state index in [0.717, 1.165) is 23.6 Å². The van der Waals surface area contributed by atoms with Crippen molar-refractivity contribution in [2.75, 3.05) is 6.61 Å². The van der Waals surface area contributed by atoms with Crippen molar-refractivity contribution >= 4 is 17.9 Å². The monoisotopic (exact) mass is 412 g/mol. The van der Waals surface area contributed by atoms with Crippen molar-refractivity contribution in [1.29, 1.82) is 0 Å². The first kappa shape index (κ1) is 24.6. The second-order valence-corrected chi connectivity index (χ2v) is 6.06. The van der Waals surface area contributed by atoms with Gasteiger partial charge in [0.25, 0.3) is 0 Å². The normalized spacial score (nSPS) is 9.67. The fraction of sp³-hybridized carbons (Fsp3) is 0.292. The molecule has 1 N–H and O–H groups in total. The van der Waals surface area contributed by atoms with Gasteiger partial charge in [0.15, 0.2) is 0 Å². The van der Waals surface area contributed by atoms with Gasteiger partial charge in [-0.3, -0.25) is 4.79 Å². The first-order valence-corrected chi connectivity index (χ1v) is 9.93. The van der Waals surface area contributed by atoms with Crippen LogP contribution in [-0.2, 0) is 14.3 Å². The van der Waals surface area contributed by atoms with Gasteiger partial charge in [-0.1, -0.05) is 44.7 Å². The Morgan fingerprint density at radius 2 is 1.47 bits per heavy atom. The third-order valence-corrected chi connectivity index (χ3v) is 3.99. The highest BCUT2D eigenvalue weighted by Gasteiger charge is 2.07. The van der Waals surface area contributed by atoms with Gasteiger partial charge >= 0.3 is 17.9 Å². The summed E-state index contributed by atoms with van der Waals surface area (Å²) in [5.74, 6) is -1.27. The lowest BCUT2D eigenvalue weighted by molar-refractivity contribution is -0.138. The van der Waals surface area contributed by atoms with E-state index in [4.69, 9.17) is 14.6 Å². The SMILES string of the molecule is C=CC(=O)OCCCCCC(=O)Oc1ccc(-c2ccc(C(=O)O)cc2)cc1.CC. The van der Waals surface area contributed by atoms with E-state index < -0.39 is 11.9 Å². The second-order valence-electron chi connectivity index (χ2n) is 6.06. The zero-order valence-corrected chi connectivity index (χ0v) is 17.4. The minimum absolute atomic E-state index is 0.230. The average molecular weight is 412 g/mol. The van der Waals surface area contributed by atoms with Crippen LogP contribution in [0.2, 0.25) is 0 Å². The predicted octanol–water partition coefficient (Wildman–Crippen LogP) is 5.27. The second kappa shape index (κ2) is 13.7. The minimum Gasteiger partial charge on any atom is -0.478 e. The maximum absolute atomic E-state index is 11.9. The average Bonchev–Trinajstić information content (AvgIpc) is 2.78. The molecule has 6 heteroatoms. The van der Waals surface area contributed by atoms with Crippen LogP contribution < -0.4 is 4.74 Å². The molecule has 0 amide bonds. The summed E-state index contributed by atoms with van der Waals surface area (Å²) in [4.78, 5) is 33.6. The van der Waals surface area contributed by atoms with Crippen LogP contribution in [0.1, 0.15) is 49.9 Å². The Hall–Kier alpha value is -3.41. The molecule has 0 heterocycles. The van der Waals surface area contributed by atoms with E-state index in [0.29, 0.717) is 25.2 Å². The van der Waals surface area contributed by atoms with Crippen LogP contribution in [0.3, 0.4) is 0 Å². The molecule has 6 nitrogen and oxygen atoms in total. The standard InChI is InChI=1S/C22H22O6.C2H6/c1-2-20(23)27-15-5-3-4-6-21(24)28-19-13-11-17(12-14-19)16-7-9-18(10-8-16)22(25)26;1-2/h2,7-14H,1,3-6,15H2,(H,25,26);1-2H3. The molecule has 0 aliphatic carbocycles. The molecular formula is C24H28O6. The van der Waals surface area contributed by atoms with Gasteiger partial charge in [0.2, 0.25) is 0 Å². The van der Waals surface area contributed by atoms with E-state index in [9.17, 15) is 14.4 Å². The summed E-state index contributed by atoms with van der Waals surface area (Å²) < 4.78 is 10.2. The number of esters is 2. The molecule has 0 fully saturated rings. The molecule has 2 rings (SSSR count). The van der Waals surface area contributed by atoms with E-state index >= 15 is 0 Å². The van der Waals surface area contributed by atoms with Crippen molar-refractivity contribution in [2.45, 2.75) is 39.5 Å². The lowest BCUT2D eigenvalue weighted by Gasteiger charge is -2.07. The van der Waals surface area contributed by atoms with Gasteiger partial charge in [0.1, 0.15) is 5.75 Å². The summed E-state index contributed by atoms with van der Waals surface area (Å²) in [6, 6.07) is 13.6. The smallest absolute Gasteiger partial charge is 0.335 e. The molecule has 0 aromatic heterocycles. The van der Waals surface area contributed by atoms with Gasteiger partial charge < -0.3 is 14.6 Å². The number of carboxylic acids is 1. The summed E-state index contributed by atoms with van der Waals surface area (Å²) >= 11 is 0. The Kier molecular flexibility index (Phi) is 11.3. The molecule has 0 aliphatic heterocycles. The molecule has 30 heavy (non-hydrogen) atoms. The van der Waals surface area contributed by atoms with Crippen LogP contribution in [0.4, 0.5) is 0 Å². The predicted molar refractivity (Wildman–Crippen MR) is 115 cm³/mol. The van der Waals surface area contributed by atoms with Crippen LogP contribution in [0, 0.1) is 0 Å². The third kappa shape index (κ3) is 8.73. The number of carbonyl (C=O) groups excluding carboxylic acids is 2. The number of carbonyl (C=O) groups is 3. The van der Waals surface area contributed by atoms with Crippen LogP contribution in [0.5, 0.6) is 5.75 Å². The highest BCUT2D eigenvalue weighted by Crippen LogP contribution is 2.23. The maximum Gasteiger partial charge on any atom is 0.335 e.